The number of rotatable bonds is 5. The summed E-state index contributed by atoms with van der Waals surface area (Å²) in [6.07, 6.45) is 0. The van der Waals surface area contributed by atoms with Crippen LogP contribution in [0.15, 0.2) is 67.2 Å². The molecule has 0 saturated heterocycles. The summed E-state index contributed by atoms with van der Waals surface area (Å²) >= 11 is 0. The van der Waals surface area contributed by atoms with Crippen LogP contribution in [0.1, 0.15) is 12.5 Å². The third-order valence-corrected chi connectivity index (χ3v) is 7.10. The van der Waals surface area contributed by atoms with Gasteiger partial charge in [-0.2, -0.15) is 0 Å². The predicted molar refractivity (Wildman–Crippen MR) is 84.7 cm³/mol. The third kappa shape index (κ3) is 3.15. The summed E-state index contributed by atoms with van der Waals surface area (Å²) in [5, 5.41) is 1.31. The average Bonchev–Trinajstić information content (AvgIpc) is 2.49. The largest absolute Gasteiger partial charge is 0.539 e. The molecule has 0 radical (unpaired) electrons. The van der Waals surface area contributed by atoms with Crippen LogP contribution in [0.3, 0.4) is 0 Å². The van der Waals surface area contributed by atoms with Gasteiger partial charge in [-0.1, -0.05) is 74.2 Å². The first kappa shape index (κ1) is 13.6. The van der Waals surface area contributed by atoms with E-state index in [4.69, 9.17) is 4.43 Å². The van der Waals surface area contributed by atoms with Gasteiger partial charge in [0.15, 0.2) is 0 Å². The molecule has 0 bridgehead atoms. The highest BCUT2D eigenvalue weighted by Gasteiger charge is 2.31. The first-order valence-electron chi connectivity index (χ1n) is 6.64. The SMILES string of the molecule is C=C(O[Si](C)(CC)c1ccccc1)c1ccccc1. The predicted octanol–water partition coefficient (Wildman–Crippen LogP) is 4.18. The standard InChI is InChI=1S/C17H20OSi/c1-4-19(3,17-13-9-6-10-14-17)18-15(2)16-11-7-5-8-12-16/h5-14H,2,4H2,1,3H3. The minimum absolute atomic E-state index is 0.778. The summed E-state index contributed by atoms with van der Waals surface area (Å²) < 4.78 is 6.30. The molecule has 0 aliphatic heterocycles. The number of hydrogen-bond acceptors (Lipinski definition) is 1. The van der Waals surface area contributed by atoms with Gasteiger partial charge >= 0.3 is 0 Å². The van der Waals surface area contributed by atoms with E-state index in [-0.39, 0.29) is 0 Å². The molecule has 2 aromatic carbocycles. The molecule has 0 aliphatic carbocycles. The first-order chi connectivity index (χ1) is 9.15. The summed E-state index contributed by atoms with van der Waals surface area (Å²) in [5.74, 6) is 0.778. The lowest BCUT2D eigenvalue weighted by atomic mass is 10.2. The summed E-state index contributed by atoms with van der Waals surface area (Å²) in [7, 11) is -1.94. The zero-order valence-electron chi connectivity index (χ0n) is 11.6. The molecule has 1 atom stereocenters. The Bertz CT molecular complexity index is 536. The van der Waals surface area contributed by atoms with E-state index in [1.807, 2.05) is 36.4 Å². The van der Waals surface area contributed by atoms with Crippen LogP contribution in [0.2, 0.25) is 12.6 Å². The molecule has 98 valence electrons. The van der Waals surface area contributed by atoms with Crippen molar-refractivity contribution >= 4 is 19.3 Å². The fourth-order valence-electron chi connectivity index (χ4n) is 2.08. The Morgan fingerprint density at radius 1 is 1.00 bits per heavy atom. The fourth-order valence-corrected chi connectivity index (χ4v) is 4.31. The fraction of sp³-hybridized carbons (Fsp3) is 0.176. The van der Waals surface area contributed by atoms with Gasteiger partial charge in [0, 0.05) is 5.56 Å². The van der Waals surface area contributed by atoms with Crippen molar-refractivity contribution in [2.75, 3.05) is 0 Å². The zero-order chi connectivity index (χ0) is 13.7. The average molecular weight is 268 g/mol. The topological polar surface area (TPSA) is 9.23 Å². The monoisotopic (exact) mass is 268 g/mol. The molecule has 0 fully saturated rings. The van der Waals surface area contributed by atoms with Crippen LogP contribution < -0.4 is 5.19 Å². The lowest BCUT2D eigenvalue weighted by Crippen LogP contribution is -2.46. The Balaban J connectivity index is 2.22. The summed E-state index contributed by atoms with van der Waals surface area (Å²) in [4.78, 5) is 0. The molecule has 2 heteroatoms. The molecule has 1 nitrogen and oxygen atoms in total. The van der Waals surface area contributed by atoms with Gasteiger partial charge < -0.3 is 4.43 Å². The van der Waals surface area contributed by atoms with Gasteiger partial charge in [-0.05, 0) is 17.8 Å². The maximum atomic E-state index is 6.30. The quantitative estimate of drug-likeness (QED) is 0.584. The molecule has 0 spiro atoms. The van der Waals surface area contributed by atoms with Gasteiger partial charge in [0.05, 0.1) is 0 Å². The Morgan fingerprint density at radius 2 is 1.53 bits per heavy atom. The van der Waals surface area contributed by atoms with Crippen molar-refractivity contribution in [3.8, 4) is 0 Å². The molecule has 0 aliphatic rings. The van der Waals surface area contributed by atoms with Crippen molar-refractivity contribution < 1.29 is 4.43 Å². The van der Waals surface area contributed by atoms with E-state index >= 15 is 0 Å². The summed E-state index contributed by atoms with van der Waals surface area (Å²) in [5.41, 5.74) is 1.06. The third-order valence-electron chi connectivity index (χ3n) is 3.50. The van der Waals surface area contributed by atoms with E-state index in [9.17, 15) is 0 Å². The Kier molecular flexibility index (Phi) is 4.22. The highest BCUT2D eigenvalue weighted by Crippen LogP contribution is 2.21. The maximum Gasteiger partial charge on any atom is 0.279 e. The van der Waals surface area contributed by atoms with Crippen molar-refractivity contribution in [3.63, 3.8) is 0 Å². The van der Waals surface area contributed by atoms with Crippen LogP contribution in [0.5, 0.6) is 0 Å². The van der Waals surface area contributed by atoms with Gasteiger partial charge in [-0.3, -0.25) is 0 Å². The van der Waals surface area contributed by atoms with Crippen LogP contribution in [0.4, 0.5) is 0 Å². The molecule has 1 unspecified atom stereocenters. The van der Waals surface area contributed by atoms with Crippen LogP contribution in [0, 0.1) is 0 Å². The van der Waals surface area contributed by atoms with Crippen LogP contribution >= 0.6 is 0 Å². The minimum Gasteiger partial charge on any atom is -0.539 e. The van der Waals surface area contributed by atoms with Crippen molar-refractivity contribution in [1.29, 1.82) is 0 Å². The molecule has 19 heavy (non-hydrogen) atoms. The zero-order valence-corrected chi connectivity index (χ0v) is 12.6. The minimum atomic E-state index is -1.94. The molecular formula is C17H20OSi. The normalized spacial score (nSPS) is 13.6. The molecule has 0 aromatic heterocycles. The van der Waals surface area contributed by atoms with Crippen LogP contribution in [0.25, 0.3) is 5.76 Å². The van der Waals surface area contributed by atoms with E-state index in [2.05, 4.69) is 44.3 Å². The molecule has 0 saturated carbocycles. The number of benzene rings is 2. The van der Waals surface area contributed by atoms with E-state index in [1.165, 1.54) is 5.19 Å². The van der Waals surface area contributed by atoms with Crippen molar-refractivity contribution in [2.45, 2.75) is 19.5 Å². The van der Waals surface area contributed by atoms with Gasteiger partial charge in [0.25, 0.3) is 8.32 Å². The molecule has 0 heterocycles. The van der Waals surface area contributed by atoms with E-state index < -0.39 is 8.32 Å². The van der Waals surface area contributed by atoms with Gasteiger partial charge in [0.1, 0.15) is 5.76 Å². The Hall–Kier alpha value is -1.80. The highest BCUT2D eigenvalue weighted by molar-refractivity contribution is 6.86. The van der Waals surface area contributed by atoms with Gasteiger partial charge in [-0.25, -0.2) is 0 Å². The van der Waals surface area contributed by atoms with Gasteiger partial charge in [-0.15, -0.1) is 0 Å². The summed E-state index contributed by atoms with van der Waals surface area (Å²) in [6.45, 7) is 8.53. The van der Waals surface area contributed by atoms with E-state index in [0.29, 0.717) is 0 Å². The molecule has 2 rings (SSSR count). The van der Waals surface area contributed by atoms with Crippen molar-refractivity contribution in [1.82, 2.24) is 0 Å². The van der Waals surface area contributed by atoms with Crippen LogP contribution in [-0.4, -0.2) is 8.32 Å². The van der Waals surface area contributed by atoms with Crippen molar-refractivity contribution in [3.05, 3.63) is 72.8 Å². The smallest absolute Gasteiger partial charge is 0.279 e. The number of hydrogen-bond donors (Lipinski definition) is 0. The van der Waals surface area contributed by atoms with Gasteiger partial charge in [0.2, 0.25) is 0 Å². The summed E-state index contributed by atoms with van der Waals surface area (Å²) in [6, 6.07) is 21.6. The second kappa shape index (κ2) is 5.89. The van der Waals surface area contributed by atoms with E-state index in [1.54, 1.807) is 0 Å². The second-order valence-electron chi connectivity index (χ2n) is 4.84. The lowest BCUT2D eigenvalue weighted by molar-refractivity contribution is 0.515. The molecule has 2 aromatic rings. The Morgan fingerprint density at radius 3 is 2.05 bits per heavy atom. The van der Waals surface area contributed by atoms with Crippen molar-refractivity contribution in [2.24, 2.45) is 0 Å². The van der Waals surface area contributed by atoms with E-state index in [0.717, 1.165) is 17.4 Å². The maximum absolute atomic E-state index is 6.30. The Labute approximate surface area is 116 Å². The highest BCUT2D eigenvalue weighted by atomic mass is 28.4. The molecule has 0 N–H and O–H groups in total. The lowest BCUT2D eigenvalue weighted by Gasteiger charge is -2.28. The van der Waals surface area contributed by atoms with Crippen LogP contribution in [-0.2, 0) is 4.43 Å². The second-order valence-corrected chi connectivity index (χ2v) is 8.79. The molecule has 0 amide bonds. The molecular weight excluding hydrogens is 248 g/mol. The first-order valence-corrected chi connectivity index (χ1v) is 9.26.